The maximum Gasteiger partial charge on any atom is 0.225 e. The SMILES string of the molecule is CN(Cc1ccccc1)c1ncc2c(n1)CC(C)(C)CC2N. The smallest absolute Gasteiger partial charge is 0.225 e. The Kier molecular flexibility index (Phi) is 3.87. The van der Waals surface area contributed by atoms with E-state index in [1.807, 2.05) is 19.3 Å². The van der Waals surface area contributed by atoms with Crippen molar-refractivity contribution >= 4 is 5.95 Å². The third-order valence-electron chi connectivity index (χ3n) is 4.31. The van der Waals surface area contributed by atoms with E-state index in [1.165, 1.54) is 5.56 Å². The molecule has 0 saturated carbocycles. The van der Waals surface area contributed by atoms with Crippen LogP contribution in [0.2, 0.25) is 0 Å². The zero-order chi connectivity index (χ0) is 15.7. The first-order valence-corrected chi connectivity index (χ1v) is 7.81. The van der Waals surface area contributed by atoms with E-state index in [-0.39, 0.29) is 11.5 Å². The Labute approximate surface area is 132 Å². The Hall–Kier alpha value is -1.94. The van der Waals surface area contributed by atoms with Crippen molar-refractivity contribution in [3.05, 3.63) is 53.3 Å². The molecule has 2 aromatic rings. The van der Waals surface area contributed by atoms with Crippen LogP contribution in [0.4, 0.5) is 5.95 Å². The summed E-state index contributed by atoms with van der Waals surface area (Å²) < 4.78 is 0. The van der Waals surface area contributed by atoms with Gasteiger partial charge >= 0.3 is 0 Å². The Morgan fingerprint density at radius 2 is 2.00 bits per heavy atom. The van der Waals surface area contributed by atoms with Crippen molar-refractivity contribution in [3.8, 4) is 0 Å². The van der Waals surface area contributed by atoms with Crippen molar-refractivity contribution in [2.24, 2.45) is 11.1 Å². The topological polar surface area (TPSA) is 55.0 Å². The van der Waals surface area contributed by atoms with Crippen LogP contribution in [0.3, 0.4) is 0 Å². The van der Waals surface area contributed by atoms with Gasteiger partial charge < -0.3 is 10.6 Å². The fourth-order valence-corrected chi connectivity index (χ4v) is 3.21. The summed E-state index contributed by atoms with van der Waals surface area (Å²) >= 11 is 0. The molecular weight excluding hydrogens is 272 g/mol. The van der Waals surface area contributed by atoms with Gasteiger partial charge in [-0.15, -0.1) is 0 Å². The summed E-state index contributed by atoms with van der Waals surface area (Å²) in [6.45, 7) is 5.31. The molecule has 1 aromatic carbocycles. The minimum absolute atomic E-state index is 0.0484. The summed E-state index contributed by atoms with van der Waals surface area (Å²) in [5.74, 6) is 0.771. The van der Waals surface area contributed by atoms with Gasteiger partial charge in [0.1, 0.15) is 0 Å². The van der Waals surface area contributed by atoms with E-state index in [0.717, 1.165) is 36.6 Å². The normalized spacial score (nSPS) is 19.5. The molecule has 3 rings (SSSR count). The summed E-state index contributed by atoms with van der Waals surface area (Å²) in [6, 6.07) is 10.4. The zero-order valence-corrected chi connectivity index (χ0v) is 13.6. The number of nitrogens with two attached hydrogens (primary N) is 1. The molecule has 1 atom stereocenters. The second-order valence-electron chi connectivity index (χ2n) is 7.07. The molecule has 0 fully saturated rings. The van der Waals surface area contributed by atoms with E-state index in [1.54, 1.807) is 0 Å². The van der Waals surface area contributed by atoms with Gasteiger partial charge in [0.25, 0.3) is 0 Å². The molecule has 0 bridgehead atoms. The van der Waals surface area contributed by atoms with Gasteiger partial charge in [0, 0.05) is 31.4 Å². The van der Waals surface area contributed by atoms with E-state index < -0.39 is 0 Å². The van der Waals surface area contributed by atoms with Crippen molar-refractivity contribution in [2.75, 3.05) is 11.9 Å². The van der Waals surface area contributed by atoms with Crippen LogP contribution < -0.4 is 10.6 Å². The Morgan fingerprint density at radius 3 is 2.73 bits per heavy atom. The first-order chi connectivity index (χ1) is 10.4. The van der Waals surface area contributed by atoms with E-state index in [4.69, 9.17) is 10.7 Å². The van der Waals surface area contributed by atoms with Gasteiger partial charge in [-0.05, 0) is 23.8 Å². The number of rotatable bonds is 3. The third kappa shape index (κ3) is 3.12. The van der Waals surface area contributed by atoms with Crippen LogP contribution in [0, 0.1) is 5.41 Å². The summed E-state index contributed by atoms with van der Waals surface area (Å²) in [4.78, 5) is 11.4. The molecule has 0 aliphatic heterocycles. The van der Waals surface area contributed by atoms with Gasteiger partial charge in [-0.3, -0.25) is 0 Å². The van der Waals surface area contributed by atoms with E-state index in [0.29, 0.717) is 0 Å². The minimum Gasteiger partial charge on any atom is -0.340 e. The molecule has 4 nitrogen and oxygen atoms in total. The van der Waals surface area contributed by atoms with Gasteiger partial charge in [0.15, 0.2) is 0 Å². The molecule has 1 aromatic heterocycles. The number of anilines is 1. The van der Waals surface area contributed by atoms with Crippen molar-refractivity contribution in [1.82, 2.24) is 9.97 Å². The monoisotopic (exact) mass is 296 g/mol. The molecule has 116 valence electrons. The molecule has 4 heteroatoms. The molecule has 1 unspecified atom stereocenters. The lowest BCUT2D eigenvalue weighted by atomic mass is 9.74. The van der Waals surface area contributed by atoms with Crippen LogP contribution in [-0.2, 0) is 13.0 Å². The van der Waals surface area contributed by atoms with Crippen molar-refractivity contribution in [3.63, 3.8) is 0 Å². The summed E-state index contributed by atoms with van der Waals surface area (Å²) in [5.41, 5.74) is 9.95. The predicted octanol–water partition coefficient (Wildman–Crippen LogP) is 3.09. The Morgan fingerprint density at radius 1 is 1.27 bits per heavy atom. The van der Waals surface area contributed by atoms with E-state index in [9.17, 15) is 0 Å². The summed E-state index contributed by atoms with van der Waals surface area (Å²) in [6.07, 6.45) is 3.87. The summed E-state index contributed by atoms with van der Waals surface area (Å²) in [7, 11) is 2.03. The fourth-order valence-electron chi connectivity index (χ4n) is 3.21. The molecular formula is C18H24N4. The largest absolute Gasteiger partial charge is 0.340 e. The van der Waals surface area contributed by atoms with Crippen LogP contribution in [0.1, 0.15) is 43.1 Å². The van der Waals surface area contributed by atoms with Crippen LogP contribution >= 0.6 is 0 Å². The van der Waals surface area contributed by atoms with Crippen LogP contribution in [0.15, 0.2) is 36.5 Å². The minimum atomic E-state index is 0.0484. The molecule has 0 saturated heterocycles. The van der Waals surface area contributed by atoms with Crippen LogP contribution in [0.5, 0.6) is 0 Å². The highest BCUT2D eigenvalue weighted by Crippen LogP contribution is 2.38. The van der Waals surface area contributed by atoms with Crippen LogP contribution in [0.25, 0.3) is 0 Å². The number of hydrogen-bond acceptors (Lipinski definition) is 4. The van der Waals surface area contributed by atoms with E-state index in [2.05, 4.69) is 48.0 Å². The van der Waals surface area contributed by atoms with Crippen molar-refractivity contribution < 1.29 is 0 Å². The second-order valence-corrected chi connectivity index (χ2v) is 7.07. The average Bonchev–Trinajstić information content (AvgIpc) is 2.46. The maximum atomic E-state index is 6.28. The van der Waals surface area contributed by atoms with Crippen molar-refractivity contribution in [1.29, 1.82) is 0 Å². The lowest BCUT2D eigenvalue weighted by molar-refractivity contribution is 0.278. The standard InChI is InChI=1S/C18H24N4/c1-18(2)9-15(19)14-11-20-17(21-16(14)10-18)22(3)12-13-7-5-4-6-8-13/h4-8,11,15H,9-10,12,19H2,1-3H3. The molecule has 2 N–H and O–H groups in total. The predicted molar refractivity (Wildman–Crippen MR) is 89.6 cm³/mol. The molecule has 0 amide bonds. The van der Waals surface area contributed by atoms with Gasteiger partial charge in [-0.25, -0.2) is 9.97 Å². The van der Waals surface area contributed by atoms with Gasteiger partial charge in [0.2, 0.25) is 5.95 Å². The molecule has 0 spiro atoms. The van der Waals surface area contributed by atoms with Crippen molar-refractivity contribution in [2.45, 2.75) is 39.3 Å². The molecule has 0 radical (unpaired) electrons. The molecule has 1 aliphatic carbocycles. The summed E-state index contributed by atoms with van der Waals surface area (Å²) in [5, 5.41) is 0. The lowest BCUT2D eigenvalue weighted by Gasteiger charge is -2.34. The first-order valence-electron chi connectivity index (χ1n) is 7.81. The average molecular weight is 296 g/mol. The molecule has 22 heavy (non-hydrogen) atoms. The number of nitrogens with zero attached hydrogens (tertiary/aromatic N) is 3. The quantitative estimate of drug-likeness (QED) is 0.945. The zero-order valence-electron chi connectivity index (χ0n) is 13.6. The third-order valence-corrected chi connectivity index (χ3v) is 4.31. The second kappa shape index (κ2) is 5.69. The fraction of sp³-hybridized carbons (Fsp3) is 0.444. The highest BCUT2D eigenvalue weighted by Gasteiger charge is 2.31. The Bertz CT molecular complexity index is 651. The van der Waals surface area contributed by atoms with Gasteiger partial charge in [0.05, 0.1) is 5.69 Å². The Balaban J connectivity index is 1.84. The molecule has 1 heterocycles. The number of fused-ring (bicyclic) bond motifs is 1. The van der Waals surface area contributed by atoms with Gasteiger partial charge in [-0.1, -0.05) is 44.2 Å². The number of benzene rings is 1. The highest BCUT2D eigenvalue weighted by molar-refractivity contribution is 5.36. The van der Waals surface area contributed by atoms with E-state index >= 15 is 0 Å². The maximum absolute atomic E-state index is 6.28. The number of aromatic nitrogens is 2. The first kappa shape index (κ1) is 15.0. The van der Waals surface area contributed by atoms with Gasteiger partial charge in [-0.2, -0.15) is 0 Å². The lowest BCUT2D eigenvalue weighted by Crippen LogP contribution is -2.31. The van der Waals surface area contributed by atoms with Crippen LogP contribution in [-0.4, -0.2) is 17.0 Å². The molecule has 1 aliphatic rings. The highest BCUT2D eigenvalue weighted by atomic mass is 15.2. The number of hydrogen-bond donors (Lipinski definition) is 1.